The highest BCUT2D eigenvalue weighted by Crippen LogP contribution is 2.30. The van der Waals surface area contributed by atoms with Gasteiger partial charge in [0.15, 0.2) is 0 Å². The minimum atomic E-state index is -4.31. The van der Waals surface area contributed by atoms with E-state index in [1.54, 1.807) is 18.2 Å². The van der Waals surface area contributed by atoms with E-state index >= 15 is 0 Å². The third-order valence-corrected chi connectivity index (χ3v) is 6.47. The molecule has 35 heavy (non-hydrogen) atoms. The third-order valence-electron chi connectivity index (χ3n) is 6.47. The van der Waals surface area contributed by atoms with Crippen LogP contribution in [-0.4, -0.2) is 36.0 Å². The third kappa shape index (κ3) is 5.74. The van der Waals surface area contributed by atoms with Crippen molar-refractivity contribution in [1.82, 2.24) is 9.80 Å². The molecular weight excluding hydrogens is 456 g/mol. The summed E-state index contributed by atoms with van der Waals surface area (Å²) in [7, 11) is 0. The lowest BCUT2D eigenvalue weighted by molar-refractivity contribution is -0.137. The summed E-state index contributed by atoms with van der Waals surface area (Å²) in [6.45, 7) is 4.85. The van der Waals surface area contributed by atoms with Crippen molar-refractivity contribution in [2.24, 2.45) is 0 Å². The van der Waals surface area contributed by atoms with Crippen molar-refractivity contribution >= 4 is 11.0 Å². The largest absolute Gasteiger partial charge is 0.460 e. The first kappa shape index (κ1) is 23.6. The molecule has 0 saturated carbocycles. The van der Waals surface area contributed by atoms with Crippen molar-refractivity contribution in [3.63, 3.8) is 0 Å². The number of halogens is 4. The molecule has 182 valence electrons. The van der Waals surface area contributed by atoms with Crippen LogP contribution in [0.15, 0.2) is 77.2 Å². The van der Waals surface area contributed by atoms with Crippen LogP contribution in [-0.2, 0) is 19.3 Å². The number of nitrogens with zero attached hydrogens (tertiary/aromatic N) is 2. The summed E-state index contributed by atoms with van der Waals surface area (Å²) in [6.07, 6.45) is -3.33. The van der Waals surface area contributed by atoms with Crippen LogP contribution >= 0.6 is 0 Å². The molecule has 2 heterocycles. The molecule has 0 aliphatic carbocycles. The number of rotatable bonds is 5. The Morgan fingerprint density at radius 2 is 1.46 bits per heavy atom. The molecule has 0 bridgehead atoms. The summed E-state index contributed by atoms with van der Waals surface area (Å²) in [5, 5.41) is 0.987. The first-order valence-corrected chi connectivity index (χ1v) is 11.7. The van der Waals surface area contributed by atoms with E-state index in [-0.39, 0.29) is 5.82 Å². The Balaban J connectivity index is 1.20. The molecule has 3 aromatic carbocycles. The Hall–Kier alpha value is -3.16. The summed E-state index contributed by atoms with van der Waals surface area (Å²) >= 11 is 0. The van der Waals surface area contributed by atoms with Gasteiger partial charge in [-0.25, -0.2) is 4.39 Å². The second-order valence-corrected chi connectivity index (χ2v) is 9.08. The fourth-order valence-electron chi connectivity index (χ4n) is 4.64. The second-order valence-electron chi connectivity index (χ2n) is 9.08. The molecule has 5 rings (SSSR count). The maximum absolute atomic E-state index is 13.6. The van der Waals surface area contributed by atoms with Gasteiger partial charge in [0.1, 0.15) is 17.2 Å². The van der Waals surface area contributed by atoms with E-state index in [1.807, 2.05) is 30.3 Å². The van der Waals surface area contributed by atoms with E-state index in [1.165, 1.54) is 12.1 Å². The quantitative estimate of drug-likeness (QED) is 0.287. The predicted octanol–water partition coefficient (Wildman–Crippen LogP) is 6.97. The smallest absolute Gasteiger partial charge is 0.416 e. The molecule has 1 saturated heterocycles. The first-order chi connectivity index (χ1) is 16.8. The Bertz CT molecular complexity index is 1300. The molecule has 0 N–H and O–H groups in total. The molecule has 0 atom stereocenters. The van der Waals surface area contributed by atoms with Crippen LogP contribution in [0.25, 0.3) is 22.1 Å². The predicted molar refractivity (Wildman–Crippen MR) is 128 cm³/mol. The van der Waals surface area contributed by atoms with Crippen LogP contribution in [0.3, 0.4) is 0 Å². The topological polar surface area (TPSA) is 19.6 Å². The maximum Gasteiger partial charge on any atom is 0.416 e. The van der Waals surface area contributed by atoms with Crippen LogP contribution < -0.4 is 0 Å². The zero-order chi connectivity index (χ0) is 24.4. The van der Waals surface area contributed by atoms with Crippen molar-refractivity contribution in [2.45, 2.75) is 25.7 Å². The van der Waals surface area contributed by atoms with Crippen LogP contribution in [0.4, 0.5) is 17.6 Å². The van der Waals surface area contributed by atoms with Gasteiger partial charge in [-0.1, -0.05) is 30.3 Å². The average Bonchev–Trinajstić information content (AvgIpc) is 3.10. The highest BCUT2D eigenvalue weighted by molar-refractivity contribution is 5.84. The van der Waals surface area contributed by atoms with Gasteiger partial charge >= 0.3 is 6.18 Å². The van der Waals surface area contributed by atoms with Gasteiger partial charge in [-0.15, -0.1) is 0 Å². The van der Waals surface area contributed by atoms with Gasteiger partial charge in [0.05, 0.1) is 12.1 Å². The number of hydrogen-bond donors (Lipinski definition) is 0. The number of fused-ring (bicyclic) bond motifs is 1. The Morgan fingerprint density at radius 1 is 0.743 bits per heavy atom. The van der Waals surface area contributed by atoms with Crippen LogP contribution in [0.1, 0.15) is 23.3 Å². The Labute approximate surface area is 201 Å². The summed E-state index contributed by atoms with van der Waals surface area (Å²) < 4.78 is 58.1. The fraction of sp³-hybridized carbons (Fsp3) is 0.286. The molecule has 0 unspecified atom stereocenters. The maximum atomic E-state index is 13.6. The summed E-state index contributed by atoms with van der Waals surface area (Å²) in [6, 6.07) is 19.9. The summed E-state index contributed by atoms with van der Waals surface area (Å²) in [4.78, 5) is 4.63. The standard InChI is InChI=1S/C28H26F4N2O/c29-25-4-1-3-21(16-25)22-7-10-27-23(15-22)17-26(35-27)19-34-12-2-11-33(13-14-34)18-20-5-8-24(9-6-20)28(30,31)32/h1,3-10,15-17H,2,11-14,18-19H2. The van der Waals surface area contributed by atoms with E-state index in [0.717, 1.165) is 78.2 Å². The van der Waals surface area contributed by atoms with Crippen LogP contribution in [0.5, 0.6) is 0 Å². The van der Waals surface area contributed by atoms with Gasteiger partial charge in [0.25, 0.3) is 0 Å². The van der Waals surface area contributed by atoms with E-state index in [4.69, 9.17) is 4.42 Å². The van der Waals surface area contributed by atoms with Crippen molar-refractivity contribution in [1.29, 1.82) is 0 Å². The molecule has 1 aliphatic heterocycles. The lowest BCUT2D eigenvalue weighted by atomic mass is 10.0. The van der Waals surface area contributed by atoms with E-state index in [9.17, 15) is 17.6 Å². The molecular formula is C28H26F4N2O. The molecule has 7 heteroatoms. The zero-order valence-corrected chi connectivity index (χ0v) is 19.2. The molecule has 1 aliphatic rings. The van der Waals surface area contributed by atoms with Crippen molar-refractivity contribution in [3.05, 3.63) is 95.5 Å². The molecule has 0 amide bonds. The minimum absolute atomic E-state index is 0.260. The molecule has 0 radical (unpaired) electrons. The van der Waals surface area contributed by atoms with Crippen LogP contribution in [0.2, 0.25) is 0 Å². The van der Waals surface area contributed by atoms with E-state index in [0.29, 0.717) is 13.1 Å². The monoisotopic (exact) mass is 482 g/mol. The number of hydrogen-bond acceptors (Lipinski definition) is 3. The van der Waals surface area contributed by atoms with Gasteiger partial charge in [0.2, 0.25) is 0 Å². The molecule has 3 nitrogen and oxygen atoms in total. The Kier molecular flexibility index (Phi) is 6.62. The molecule has 4 aromatic rings. The van der Waals surface area contributed by atoms with Crippen LogP contribution in [0, 0.1) is 5.82 Å². The van der Waals surface area contributed by atoms with Crippen molar-refractivity contribution < 1.29 is 22.0 Å². The first-order valence-electron chi connectivity index (χ1n) is 11.7. The van der Waals surface area contributed by atoms with Gasteiger partial charge in [-0.05, 0) is 78.7 Å². The zero-order valence-electron chi connectivity index (χ0n) is 19.2. The Morgan fingerprint density at radius 3 is 2.17 bits per heavy atom. The number of alkyl halides is 3. The molecule has 0 spiro atoms. The average molecular weight is 483 g/mol. The van der Waals surface area contributed by atoms with Gasteiger partial charge in [0, 0.05) is 25.0 Å². The lowest BCUT2D eigenvalue weighted by Gasteiger charge is -2.21. The van der Waals surface area contributed by atoms with Gasteiger partial charge < -0.3 is 4.42 Å². The summed E-state index contributed by atoms with van der Waals surface area (Å²) in [5.74, 6) is 0.622. The number of benzene rings is 3. The second kappa shape index (κ2) is 9.84. The van der Waals surface area contributed by atoms with E-state index < -0.39 is 11.7 Å². The van der Waals surface area contributed by atoms with E-state index in [2.05, 4.69) is 9.80 Å². The van der Waals surface area contributed by atoms with Gasteiger partial charge in [-0.3, -0.25) is 9.80 Å². The lowest BCUT2D eigenvalue weighted by Crippen LogP contribution is -2.30. The SMILES string of the molecule is Fc1cccc(-c2ccc3oc(CN4CCCN(Cc5ccc(C(F)(F)F)cc5)CC4)cc3c2)c1. The normalized spacial score (nSPS) is 16.0. The highest BCUT2D eigenvalue weighted by Gasteiger charge is 2.30. The fourth-order valence-corrected chi connectivity index (χ4v) is 4.64. The summed E-state index contributed by atoms with van der Waals surface area (Å²) in [5.41, 5.74) is 2.85. The van der Waals surface area contributed by atoms with Crippen molar-refractivity contribution in [2.75, 3.05) is 26.2 Å². The van der Waals surface area contributed by atoms with Gasteiger partial charge in [-0.2, -0.15) is 13.2 Å². The van der Waals surface area contributed by atoms with Crippen molar-refractivity contribution in [3.8, 4) is 11.1 Å². The minimum Gasteiger partial charge on any atom is -0.460 e. The number of furan rings is 1. The molecule has 1 fully saturated rings. The highest BCUT2D eigenvalue weighted by atomic mass is 19.4. The molecule has 1 aromatic heterocycles.